The van der Waals surface area contributed by atoms with Crippen LogP contribution in [0.2, 0.25) is 0 Å². The summed E-state index contributed by atoms with van der Waals surface area (Å²) >= 11 is 0. The molecule has 0 saturated carbocycles. The first-order chi connectivity index (χ1) is 18.9. The second kappa shape index (κ2) is 19.2. The molecule has 0 aliphatic heterocycles. The van der Waals surface area contributed by atoms with Crippen LogP contribution in [0.1, 0.15) is 0 Å². The Morgan fingerprint density at radius 3 is 0.488 bits per heavy atom. The second-order valence-corrected chi connectivity index (χ2v) is 13.9. The van der Waals surface area contributed by atoms with Gasteiger partial charge >= 0.3 is 22.4 Å². The van der Waals surface area contributed by atoms with Gasteiger partial charge < -0.3 is 13.5 Å². The summed E-state index contributed by atoms with van der Waals surface area (Å²) in [6.45, 7) is 0. The van der Waals surface area contributed by atoms with Crippen molar-refractivity contribution in [2.75, 3.05) is 0 Å². The van der Waals surface area contributed by atoms with Gasteiger partial charge in [0.1, 0.15) is 31.8 Å². The predicted octanol–water partition coefficient (Wildman–Crippen LogP) is 6.08. The van der Waals surface area contributed by atoms with Crippen LogP contribution in [0.4, 0.5) is 0 Å². The second-order valence-electron chi connectivity index (χ2n) is 8.95. The van der Waals surface area contributed by atoms with E-state index in [2.05, 4.69) is 182 Å². The number of hydrogen-bond acceptors (Lipinski definition) is 1. The van der Waals surface area contributed by atoms with Crippen molar-refractivity contribution in [1.29, 1.82) is 0 Å². The van der Waals surface area contributed by atoms with Gasteiger partial charge in [-0.1, -0.05) is 109 Å². The molecule has 0 N–H and O–H groups in total. The molecule has 5 heteroatoms. The van der Waals surface area contributed by atoms with Gasteiger partial charge in [-0.3, -0.25) is 0 Å². The Labute approximate surface area is 285 Å². The molecule has 6 rings (SSSR count). The molecule has 0 atom stereocenters. The van der Waals surface area contributed by atoms with Crippen LogP contribution < -0.4 is 31.8 Å². The third-order valence-corrected chi connectivity index (χ3v) is 11.8. The predicted molar refractivity (Wildman–Crippen MR) is 182 cm³/mol. The maximum atomic E-state index is 2.24. The molecule has 0 aliphatic rings. The maximum Gasteiger partial charge on any atom is 1.00 e. The Morgan fingerprint density at radius 1 is 0.244 bits per heavy atom. The Bertz CT molecular complexity index is 1180. The maximum absolute atomic E-state index is 2.24. The normalized spacial score (nSPS) is 9.80. The van der Waals surface area contributed by atoms with Crippen molar-refractivity contribution in [2.45, 2.75) is 0 Å². The number of rotatable bonds is 6. The molecule has 0 nitrogen and oxygen atoms in total. The Balaban J connectivity index is 0.000000267. The summed E-state index contributed by atoms with van der Waals surface area (Å²) in [5.74, 6) is 0. The van der Waals surface area contributed by atoms with E-state index in [1.165, 1.54) is 31.8 Å². The van der Waals surface area contributed by atoms with E-state index in [0.717, 1.165) is 0 Å². The summed E-state index contributed by atoms with van der Waals surface area (Å²) in [5.41, 5.74) is 0. The minimum Gasteiger partial charge on any atom is -0.813 e. The fraction of sp³-hybridized carbons (Fsp3) is 0. The average molecular weight is 954 g/mol. The molecule has 213 valence electrons. The zero-order valence-corrected chi connectivity index (χ0v) is 29.6. The van der Waals surface area contributed by atoms with Crippen LogP contribution in [-0.2, 0) is 58.3 Å². The third-order valence-electron chi connectivity index (χ3n) is 6.37. The molecule has 1 radical (unpaired) electrons. The van der Waals surface area contributed by atoms with Crippen molar-refractivity contribution in [2.24, 2.45) is 0 Å². The van der Waals surface area contributed by atoms with E-state index in [4.69, 9.17) is 0 Å². The molecule has 0 bridgehead atoms. The van der Waals surface area contributed by atoms with Crippen LogP contribution in [0.3, 0.4) is 0 Å². The quantitative estimate of drug-likeness (QED) is 0.0846. The van der Waals surface area contributed by atoms with E-state index in [-0.39, 0.29) is 58.3 Å². The van der Waals surface area contributed by atoms with Crippen molar-refractivity contribution in [3.8, 4) is 0 Å². The van der Waals surface area contributed by atoms with Gasteiger partial charge in [-0.05, 0) is 72.8 Å². The molecular formula is C36H33Au2P2S+2. The van der Waals surface area contributed by atoms with E-state index < -0.39 is 15.8 Å². The topological polar surface area (TPSA) is 0 Å². The summed E-state index contributed by atoms with van der Waals surface area (Å²) in [5, 5.41) is 8.61. The van der Waals surface area contributed by atoms with Crippen molar-refractivity contribution in [3.05, 3.63) is 182 Å². The van der Waals surface area contributed by atoms with E-state index >= 15 is 0 Å². The molecule has 0 spiro atoms. The van der Waals surface area contributed by atoms with E-state index in [9.17, 15) is 0 Å². The molecule has 6 aromatic rings. The Hall–Kier alpha value is -1.99. The SMILES string of the molecule is [Au+].[Au].[SH-].c1ccc([PH+](c2ccccc2)c2ccccc2)cc1.c1ccc([PH+](c2ccccc2)c2ccccc2)cc1. The first-order valence-corrected chi connectivity index (χ1v) is 16.0. The summed E-state index contributed by atoms with van der Waals surface area (Å²) in [7, 11) is -1.75. The minimum absolute atomic E-state index is 0. The van der Waals surface area contributed by atoms with Gasteiger partial charge in [-0.15, -0.1) is 0 Å². The zero-order chi connectivity index (χ0) is 25.8. The molecule has 0 saturated heterocycles. The van der Waals surface area contributed by atoms with Crippen molar-refractivity contribution >= 4 is 61.2 Å². The van der Waals surface area contributed by atoms with Crippen LogP contribution in [0.5, 0.6) is 0 Å². The fourth-order valence-corrected chi connectivity index (χ4v) is 9.78. The Kier molecular flexibility index (Phi) is 16.5. The number of hydrogen-bond donors (Lipinski definition) is 0. The van der Waals surface area contributed by atoms with Crippen LogP contribution in [0.15, 0.2) is 182 Å². The standard InChI is InChI=1S/2C18H15P.2Au.H2S/c2*1-4-10-16(11-5-1)19(17-12-6-2-7-13-17)18-14-8-3-9-15-18;;;/h2*1-15H;;;1H2/q;;;+1;/p+1. The number of benzene rings is 6. The summed E-state index contributed by atoms with van der Waals surface area (Å²) < 4.78 is 0. The molecule has 0 aromatic heterocycles. The fourth-order valence-electron chi connectivity index (χ4n) is 4.63. The van der Waals surface area contributed by atoms with Crippen molar-refractivity contribution in [3.63, 3.8) is 0 Å². The third kappa shape index (κ3) is 10.1. The largest absolute Gasteiger partial charge is 1.00 e. The molecule has 41 heavy (non-hydrogen) atoms. The van der Waals surface area contributed by atoms with Crippen molar-refractivity contribution < 1.29 is 44.8 Å². The van der Waals surface area contributed by atoms with E-state index in [1.807, 2.05) is 0 Å². The molecule has 0 amide bonds. The van der Waals surface area contributed by atoms with Crippen molar-refractivity contribution in [1.82, 2.24) is 0 Å². The molecule has 6 aromatic carbocycles. The van der Waals surface area contributed by atoms with Gasteiger partial charge in [0.05, 0.1) is 15.8 Å². The minimum atomic E-state index is -0.877. The first-order valence-electron chi connectivity index (χ1n) is 13.0. The van der Waals surface area contributed by atoms with Gasteiger partial charge in [0.15, 0.2) is 0 Å². The molecular weight excluding hydrogens is 920 g/mol. The van der Waals surface area contributed by atoms with E-state index in [0.29, 0.717) is 0 Å². The van der Waals surface area contributed by atoms with Gasteiger partial charge in [-0.25, -0.2) is 0 Å². The van der Waals surface area contributed by atoms with Crippen LogP contribution in [0.25, 0.3) is 0 Å². The average Bonchev–Trinajstić information content (AvgIpc) is 3.01. The summed E-state index contributed by atoms with van der Waals surface area (Å²) in [6, 6.07) is 65.0. The molecule has 0 aliphatic carbocycles. The molecule has 0 unspecified atom stereocenters. The monoisotopic (exact) mass is 953 g/mol. The zero-order valence-electron chi connectivity index (χ0n) is 22.4. The van der Waals surface area contributed by atoms with Gasteiger partial charge in [0, 0.05) is 22.4 Å². The molecule has 0 heterocycles. The Morgan fingerprint density at radius 2 is 0.366 bits per heavy atom. The van der Waals surface area contributed by atoms with Crippen LogP contribution in [-0.4, -0.2) is 0 Å². The van der Waals surface area contributed by atoms with E-state index in [1.54, 1.807) is 0 Å². The van der Waals surface area contributed by atoms with Gasteiger partial charge in [0.2, 0.25) is 0 Å². The molecule has 0 fully saturated rings. The summed E-state index contributed by atoms with van der Waals surface area (Å²) in [4.78, 5) is 0. The smallest absolute Gasteiger partial charge is 0.813 e. The summed E-state index contributed by atoms with van der Waals surface area (Å²) in [6.07, 6.45) is 0. The van der Waals surface area contributed by atoms with Crippen LogP contribution >= 0.6 is 15.8 Å². The number of thiol groups is 1. The van der Waals surface area contributed by atoms with Crippen LogP contribution in [0, 0.1) is 0 Å². The van der Waals surface area contributed by atoms with Gasteiger partial charge in [-0.2, -0.15) is 0 Å². The first kappa shape index (κ1) is 35.2. The van der Waals surface area contributed by atoms with Gasteiger partial charge in [0.25, 0.3) is 0 Å².